The van der Waals surface area contributed by atoms with E-state index in [1.807, 2.05) is 0 Å². The highest BCUT2D eigenvalue weighted by Crippen LogP contribution is 2.42. The fourth-order valence-electron chi connectivity index (χ4n) is 3.65. The minimum absolute atomic E-state index is 0.0627. The molecule has 30 heavy (non-hydrogen) atoms. The third kappa shape index (κ3) is 5.39. The van der Waals surface area contributed by atoms with Gasteiger partial charge in [0.2, 0.25) is 6.29 Å². The first kappa shape index (κ1) is 23.9. The molecule has 8 heteroatoms. The number of ether oxygens (including phenoxy) is 2. The predicted octanol–water partition coefficient (Wildman–Crippen LogP) is 4.40. The maximum atomic E-state index is 13.1. The van der Waals surface area contributed by atoms with Crippen molar-refractivity contribution in [2.24, 2.45) is 0 Å². The first-order chi connectivity index (χ1) is 14.2. The van der Waals surface area contributed by atoms with Gasteiger partial charge in [0, 0.05) is 36.9 Å². The van der Waals surface area contributed by atoms with Crippen LogP contribution in [-0.2, 0) is 29.4 Å². The lowest BCUT2D eigenvalue weighted by Gasteiger charge is -2.43. The number of nitrogens with zero attached hydrogens (tertiary/aromatic N) is 1. The van der Waals surface area contributed by atoms with E-state index in [0.29, 0.717) is 23.4 Å². The zero-order chi connectivity index (χ0) is 22.3. The van der Waals surface area contributed by atoms with E-state index in [1.165, 1.54) is 18.9 Å². The Morgan fingerprint density at radius 1 is 1.17 bits per heavy atom. The molecule has 0 spiro atoms. The minimum Gasteiger partial charge on any atom is -0.425 e. The summed E-state index contributed by atoms with van der Waals surface area (Å²) in [6.07, 6.45) is 0.590. The Bertz CT molecular complexity index is 811. The SMILES string of the molecule is CCC(OC(=O)CCC(C)=O)OC(=O)N(C)[C@]1(c2ccccc2Cl)CCCCC1=O. The third-order valence-corrected chi connectivity index (χ3v) is 5.66. The molecule has 7 nitrogen and oxygen atoms in total. The van der Waals surface area contributed by atoms with Crippen molar-refractivity contribution in [3.63, 3.8) is 0 Å². The Balaban J connectivity index is 2.21. The molecule has 0 aliphatic heterocycles. The number of rotatable bonds is 8. The van der Waals surface area contributed by atoms with Gasteiger partial charge in [-0.3, -0.25) is 14.5 Å². The fourth-order valence-corrected chi connectivity index (χ4v) is 3.94. The van der Waals surface area contributed by atoms with Crippen LogP contribution in [0.5, 0.6) is 0 Å². The van der Waals surface area contributed by atoms with Crippen molar-refractivity contribution in [3.05, 3.63) is 34.9 Å². The topological polar surface area (TPSA) is 90.0 Å². The van der Waals surface area contributed by atoms with Gasteiger partial charge in [0.25, 0.3) is 0 Å². The van der Waals surface area contributed by atoms with Gasteiger partial charge in [-0.05, 0) is 32.3 Å². The molecule has 1 fully saturated rings. The van der Waals surface area contributed by atoms with Crippen LogP contribution in [0.15, 0.2) is 24.3 Å². The van der Waals surface area contributed by atoms with E-state index in [2.05, 4.69) is 0 Å². The van der Waals surface area contributed by atoms with Crippen molar-refractivity contribution >= 4 is 35.2 Å². The monoisotopic (exact) mass is 437 g/mol. The molecule has 1 aromatic carbocycles. The van der Waals surface area contributed by atoms with E-state index in [-0.39, 0.29) is 30.8 Å². The molecule has 1 aliphatic rings. The Kier molecular flexibility index (Phi) is 8.41. The molecule has 0 radical (unpaired) electrons. The lowest BCUT2D eigenvalue weighted by molar-refractivity contribution is -0.171. The third-order valence-electron chi connectivity index (χ3n) is 5.33. The van der Waals surface area contributed by atoms with Gasteiger partial charge in [0.05, 0.1) is 6.42 Å². The molecular weight excluding hydrogens is 410 g/mol. The molecule has 2 atom stereocenters. The van der Waals surface area contributed by atoms with Crippen LogP contribution in [0.2, 0.25) is 5.02 Å². The van der Waals surface area contributed by atoms with Crippen LogP contribution in [0, 0.1) is 0 Å². The molecule has 2 rings (SSSR count). The summed E-state index contributed by atoms with van der Waals surface area (Å²) in [6, 6.07) is 6.97. The average molecular weight is 438 g/mol. The van der Waals surface area contributed by atoms with Gasteiger partial charge in [-0.2, -0.15) is 0 Å². The summed E-state index contributed by atoms with van der Waals surface area (Å²) in [5, 5.41) is 0.398. The molecule has 0 heterocycles. The molecule has 0 N–H and O–H groups in total. The number of esters is 1. The van der Waals surface area contributed by atoms with Crippen LogP contribution >= 0.6 is 11.6 Å². The summed E-state index contributed by atoms with van der Waals surface area (Å²) < 4.78 is 10.6. The smallest absolute Gasteiger partial charge is 0.413 e. The molecule has 0 aromatic heterocycles. The minimum atomic E-state index is -1.23. The summed E-state index contributed by atoms with van der Waals surface area (Å²) in [4.78, 5) is 50.2. The predicted molar refractivity (Wildman–Crippen MR) is 111 cm³/mol. The molecular formula is C22H28ClNO6. The Hall–Kier alpha value is -2.41. The van der Waals surface area contributed by atoms with Crippen molar-refractivity contribution in [1.82, 2.24) is 4.90 Å². The Labute approximate surface area is 181 Å². The number of carbonyl (C=O) groups is 4. The second-order valence-corrected chi connectivity index (χ2v) is 7.85. The van der Waals surface area contributed by atoms with Crippen LogP contribution < -0.4 is 0 Å². The van der Waals surface area contributed by atoms with E-state index in [4.69, 9.17) is 21.1 Å². The van der Waals surface area contributed by atoms with Gasteiger partial charge in [-0.1, -0.05) is 36.7 Å². The summed E-state index contributed by atoms with van der Waals surface area (Å²) in [7, 11) is 1.50. The molecule has 1 unspecified atom stereocenters. The van der Waals surface area contributed by atoms with E-state index >= 15 is 0 Å². The summed E-state index contributed by atoms with van der Waals surface area (Å²) >= 11 is 6.40. The molecule has 1 aliphatic carbocycles. The lowest BCUT2D eigenvalue weighted by atomic mass is 9.74. The summed E-state index contributed by atoms with van der Waals surface area (Å²) in [5.41, 5.74) is -0.674. The maximum absolute atomic E-state index is 13.1. The first-order valence-electron chi connectivity index (χ1n) is 10.1. The van der Waals surface area contributed by atoms with Gasteiger partial charge in [0.1, 0.15) is 11.3 Å². The van der Waals surface area contributed by atoms with Gasteiger partial charge < -0.3 is 14.3 Å². The fraction of sp³-hybridized carbons (Fsp3) is 0.545. The summed E-state index contributed by atoms with van der Waals surface area (Å²) in [5.74, 6) is -0.857. The van der Waals surface area contributed by atoms with Gasteiger partial charge in [0.15, 0.2) is 5.78 Å². The normalized spacial score (nSPS) is 19.7. The van der Waals surface area contributed by atoms with Gasteiger partial charge in [-0.15, -0.1) is 0 Å². The number of benzene rings is 1. The average Bonchev–Trinajstić information content (AvgIpc) is 2.72. The largest absolute Gasteiger partial charge is 0.425 e. The number of likely N-dealkylation sites (N-methyl/N-ethyl adjacent to an activating group) is 1. The molecule has 0 bridgehead atoms. The van der Waals surface area contributed by atoms with Crippen LogP contribution in [0.3, 0.4) is 0 Å². The Morgan fingerprint density at radius 2 is 1.87 bits per heavy atom. The molecule has 1 saturated carbocycles. The van der Waals surface area contributed by atoms with Crippen molar-refractivity contribution in [3.8, 4) is 0 Å². The van der Waals surface area contributed by atoms with Crippen LogP contribution in [-0.4, -0.2) is 41.9 Å². The van der Waals surface area contributed by atoms with Crippen LogP contribution in [0.1, 0.15) is 64.4 Å². The summed E-state index contributed by atoms with van der Waals surface area (Å²) in [6.45, 7) is 3.08. The number of carbonyl (C=O) groups excluding carboxylic acids is 4. The highest BCUT2D eigenvalue weighted by atomic mass is 35.5. The highest BCUT2D eigenvalue weighted by Gasteiger charge is 2.49. The van der Waals surface area contributed by atoms with Crippen molar-refractivity contribution < 1.29 is 28.7 Å². The quantitative estimate of drug-likeness (QED) is 0.442. The van der Waals surface area contributed by atoms with Crippen molar-refractivity contribution in [2.75, 3.05) is 7.05 Å². The standard InChI is InChI=1S/C22H28ClNO6/c1-4-20(29-19(27)13-12-15(2)25)30-21(28)24(3)22(14-8-7-11-18(22)26)16-9-5-6-10-17(16)23/h5-6,9-10,20H,4,7-8,11-14H2,1-3H3/t20?,22-/m0/s1. The number of ketones is 2. The van der Waals surface area contributed by atoms with E-state index in [1.54, 1.807) is 31.2 Å². The van der Waals surface area contributed by atoms with E-state index in [0.717, 1.165) is 12.8 Å². The van der Waals surface area contributed by atoms with E-state index < -0.39 is 23.9 Å². The number of Topliss-reactive ketones (excluding diaryl/α,β-unsaturated/α-hetero) is 2. The second kappa shape index (κ2) is 10.6. The number of amides is 1. The molecule has 1 aromatic rings. The molecule has 1 amide bonds. The molecule has 0 saturated heterocycles. The first-order valence-corrected chi connectivity index (χ1v) is 10.5. The van der Waals surface area contributed by atoms with Gasteiger partial charge >= 0.3 is 12.1 Å². The van der Waals surface area contributed by atoms with Crippen LogP contribution in [0.4, 0.5) is 4.79 Å². The highest BCUT2D eigenvalue weighted by molar-refractivity contribution is 6.31. The lowest BCUT2D eigenvalue weighted by Crippen LogP contribution is -2.55. The zero-order valence-corrected chi connectivity index (χ0v) is 18.4. The number of hydrogen-bond donors (Lipinski definition) is 0. The number of hydrogen-bond acceptors (Lipinski definition) is 6. The molecule has 164 valence electrons. The van der Waals surface area contributed by atoms with E-state index in [9.17, 15) is 19.2 Å². The Morgan fingerprint density at radius 3 is 2.47 bits per heavy atom. The number of halogens is 1. The van der Waals surface area contributed by atoms with Crippen LogP contribution in [0.25, 0.3) is 0 Å². The van der Waals surface area contributed by atoms with Gasteiger partial charge in [-0.25, -0.2) is 4.79 Å². The maximum Gasteiger partial charge on any atom is 0.413 e. The van der Waals surface area contributed by atoms with Crippen molar-refractivity contribution in [2.45, 2.75) is 70.6 Å². The van der Waals surface area contributed by atoms with Crippen molar-refractivity contribution in [1.29, 1.82) is 0 Å². The second-order valence-electron chi connectivity index (χ2n) is 7.44. The zero-order valence-electron chi connectivity index (χ0n) is 17.6.